The van der Waals surface area contributed by atoms with Gasteiger partial charge in [0.1, 0.15) is 0 Å². The molecule has 21 heavy (non-hydrogen) atoms. The summed E-state index contributed by atoms with van der Waals surface area (Å²) >= 11 is 1.53. The van der Waals surface area contributed by atoms with Crippen molar-refractivity contribution in [1.82, 2.24) is 4.31 Å². The number of nitrogens with zero attached hydrogens (tertiary/aromatic N) is 1. The summed E-state index contributed by atoms with van der Waals surface area (Å²) in [6.45, 7) is 0. The number of hydrogen-bond donors (Lipinski definition) is 1. The van der Waals surface area contributed by atoms with E-state index in [-0.39, 0.29) is 10.8 Å². The maximum atomic E-state index is 11.9. The molecule has 0 saturated carbocycles. The van der Waals surface area contributed by atoms with Crippen LogP contribution in [0.25, 0.3) is 0 Å². The molecular weight excluding hydrogens is 308 g/mol. The number of thiophene rings is 1. The maximum absolute atomic E-state index is 11.9. The van der Waals surface area contributed by atoms with Crippen molar-refractivity contribution >= 4 is 33.0 Å². The summed E-state index contributed by atoms with van der Waals surface area (Å²) in [7, 11) is -0.484. The minimum atomic E-state index is -3.44. The Morgan fingerprint density at radius 3 is 2.38 bits per heavy atom. The quantitative estimate of drug-likeness (QED) is 0.917. The Balaban J connectivity index is 2.04. The van der Waals surface area contributed by atoms with E-state index in [2.05, 4.69) is 5.32 Å². The number of carbonyl (C=O) groups is 1. The average Bonchev–Trinajstić information content (AvgIpc) is 2.91. The van der Waals surface area contributed by atoms with Crippen LogP contribution < -0.4 is 5.32 Å². The van der Waals surface area contributed by atoms with Crippen molar-refractivity contribution < 1.29 is 13.2 Å². The van der Waals surface area contributed by atoms with Gasteiger partial charge in [-0.15, -0.1) is 11.3 Å². The molecule has 0 aliphatic heterocycles. The summed E-state index contributed by atoms with van der Waals surface area (Å²) in [5.74, 6) is -0.124. The average molecular weight is 324 g/mol. The van der Waals surface area contributed by atoms with Crippen molar-refractivity contribution in [3.05, 3.63) is 46.7 Å². The molecule has 1 heterocycles. The molecule has 1 aromatic heterocycles. The number of hydrogen-bond acceptors (Lipinski definition) is 4. The smallest absolute Gasteiger partial charge is 0.242 e. The molecule has 5 nitrogen and oxygen atoms in total. The van der Waals surface area contributed by atoms with Gasteiger partial charge in [0.25, 0.3) is 0 Å². The van der Waals surface area contributed by atoms with Gasteiger partial charge in [-0.25, -0.2) is 12.7 Å². The lowest BCUT2D eigenvalue weighted by Crippen LogP contribution is -2.22. The summed E-state index contributed by atoms with van der Waals surface area (Å²) in [5.41, 5.74) is 0.578. The van der Waals surface area contributed by atoms with Crippen LogP contribution in [0.1, 0.15) is 4.88 Å². The zero-order valence-corrected chi connectivity index (χ0v) is 13.4. The number of carbonyl (C=O) groups excluding carboxylic acids is 1. The lowest BCUT2D eigenvalue weighted by atomic mass is 10.3. The number of nitrogens with one attached hydrogen (secondary N) is 1. The molecule has 0 atom stereocenters. The molecule has 2 aromatic rings. The van der Waals surface area contributed by atoms with Crippen molar-refractivity contribution in [2.45, 2.75) is 11.3 Å². The fourth-order valence-electron chi connectivity index (χ4n) is 1.70. The first-order valence-corrected chi connectivity index (χ1v) is 8.56. The van der Waals surface area contributed by atoms with Crippen LogP contribution >= 0.6 is 11.3 Å². The van der Waals surface area contributed by atoms with E-state index in [4.69, 9.17) is 0 Å². The van der Waals surface area contributed by atoms with E-state index in [1.165, 1.54) is 37.6 Å². The third kappa shape index (κ3) is 3.90. The molecule has 2 rings (SSSR count). The Bertz CT molecular complexity index is 705. The van der Waals surface area contributed by atoms with E-state index in [9.17, 15) is 13.2 Å². The van der Waals surface area contributed by atoms with Gasteiger partial charge in [0.05, 0.1) is 11.3 Å². The highest BCUT2D eigenvalue weighted by atomic mass is 32.2. The molecule has 0 saturated heterocycles. The van der Waals surface area contributed by atoms with Gasteiger partial charge in [-0.1, -0.05) is 6.07 Å². The summed E-state index contributed by atoms with van der Waals surface area (Å²) in [6.07, 6.45) is 0.315. The van der Waals surface area contributed by atoms with Gasteiger partial charge >= 0.3 is 0 Å². The monoisotopic (exact) mass is 324 g/mol. The summed E-state index contributed by atoms with van der Waals surface area (Å²) in [6, 6.07) is 9.93. The Hall–Kier alpha value is -1.70. The Morgan fingerprint density at radius 1 is 1.19 bits per heavy atom. The molecule has 0 fully saturated rings. The van der Waals surface area contributed by atoms with Gasteiger partial charge in [-0.05, 0) is 35.7 Å². The van der Waals surface area contributed by atoms with Crippen LogP contribution in [0.2, 0.25) is 0 Å². The Labute approximate surface area is 128 Å². The molecule has 7 heteroatoms. The molecule has 1 amide bonds. The number of anilines is 1. The molecule has 0 spiro atoms. The van der Waals surface area contributed by atoms with Crippen molar-refractivity contribution in [2.75, 3.05) is 19.4 Å². The Kier molecular flexibility index (Phi) is 4.76. The minimum Gasteiger partial charge on any atom is -0.326 e. The fourth-order valence-corrected chi connectivity index (χ4v) is 3.30. The van der Waals surface area contributed by atoms with Crippen molar-refractivity contribution in [2.24, 2.45) is 0 Å². The molecule has 112 valence electrons. The molecule has 0 bridgehead atoms. The first-order valence-electron chi connectivity index (χ1n) is 6.24. The van der Waals surface area contributed by atoms with Crippen molar-refractivity contribution in [3.8, 4) is 0 Å². The predicted molar refractivity (Wildman–Crippen MR) is 84.0 cm³/mol. The molecule has 0 aliphatic rings. The highest BCUT2D eigenvalue weighted by Gasteiger charge is 2.16. The zero-order valence-electron chi connectivity index (χ0n) is 11.7. The van der Waals surface area contributed by atoms with Crippen LogP contribution in [-0.2, 0) is 21.2 Å². The van der Waals surface area contributed by atoms with Crippen molar-refractivity contribution in [3.63, 3.8) is 0 Å². The number of sulfonamides is 1. The lowest BCUT2D eigenvalue weighted by molar-refractivity contribution is -0.115. The second kappa shape index (κ2) is 6.38. The lowest BCUT2D eigenvalue weighted by Gasteiger charge is -2.11. The van der Waals surface area contributed by atoms with E-state index in [1.807, 2.05) is 17.5 Å². The third-order valence-corrected chi connectivity index (χ3v) is 5.54. The number of rotatable bonds is 5. The topological polar surface area (TPSA) is 66.5 Å². The van der Waals surface area contributed by atoms with Crippen LogP contribution in [0, 0.1) is 0 Å². The first kappa shape index (κ1) is 15.7. The second-order valence-electron chi connectivity index (χ2n) is 4.62. The van der Waals surface area contributed by atoms with E-state index in [0.717, 1.165) is 9.18 Å². The molecule has 0 radical (unpaired) electrons. The van der Waals surface area contributed by atoms with E-state index >= 15 is 0 Å². The summed E-state index contributed by atoms with van der Waals surface area (Å²) in [4.78, 5) is 13.0. The maximum Gasteiger partial charge on any atom is 0.242 e. The molecule has 1 N–H and O–H groups in total. The minimum absolute atomic E-state index is 0.124. The van der Waals surface area contributed by atoms with Crippen LogP contribution in [0.3, 0.4) is 0 Å². The highest BCUT2D eigenvalue weighted by molar-refractivity contribution is 7.89. The first-order chi connectivity index (χ1) is 9.89. The van der Waals surface area contributed by atoms with E-state index in [1.54, 1.807) is 12.1 Å². The normalized spacial score (nSPS) is 11.6. The van der Waals surface area contributed by atoms with Crippen molar-refractivity contribution in [1.29, 1.82) is 0 Å². The van der Waals surface area contributed by atoms with Gasteiger partial charge in [-0.2, -0.15) is 0 Å². The Morgan fingerprint density at radius 2 is 1.86 bits per heavy atom. The molecule has 1 aromatic carbocycles. The third-order valence-electron chi connectivity index (χ3n) is 2.83. The second-order valence-corrected chi connectivity index (χ2v) is 7.80. The fraction of sp³-hybridized carbons (Fsp3) is 0.214. The van der Waals surface area contributed by atoms with Gasteiger partial charge in [0.15, 0.2) is 0 Å². The molecule has 0 unspecified atom stereocenters. The molecule has 0 aliphatic carbocycles. The summed E-state index contributed by atoms with van der Waals surface area (Å²) < 4.78 is 25.0. The highest BCUT2D eigenvalue weighted by Crippen LogP contribution is 2.17. The molecular formula is C14H16N2O3S2. The van der Waals surface area contributed by atoms with Crippen LogP contribution in [0.4, 0.5) is 5.69 Å². The van der Waals surface area contributed by atoms with Gasteiger partial charge in [0, 0.05) is 24.7 Å². The number of amides is 1. The van der Waals surface area contributed by atoms with Crippen LogP contribution in [0.15, 0.2) is 46.7 Å². The largest absolute Gasteiger partial charge is 0.326 e. The summed E-state index contributed by atoms with van der Waals surface area (Å²) in [5, 5.41) is 4.67. The van der Waals surface area contributed by atoms with Crippen LogP contribution in [-0.4, -0.2) is 32.7 Å². The van der Waals surface area contributed by atoms with Gasteiger partial charge in [-0.3, -0.25) is 4.79 Å². The zero-order chi connectivity index (χ0) is 15.5. The number of benzene rings is 1. The van der Waals surface area contributed by atoms with Gasteiger partial charge in [0.2, 0.25) is 15.9 Å². The van der Waals surface area contributed by atoms with E-state index in [0.29, 0.717) is 12.1 Å². The SMILES string of the molecule is CN(C)S(=O)(=O)c1ccc(NC(=O)Cc2cccs2)cc1. The van der Waals surface area contributed by atoms with Crippen LogP contribution in [0.5, 0.6) is 0 Å². The van der Waals surface area contributed by atoms with E-state index < -0.39 is 10.0 Å². The standard InChI is InChI=1S/C14H16N2O3S2/c1-16(2)21(18,19)13-7-5-11(6-8-13)15-14(17)10-12-4-3-9-20-12/h3-9H,10H2,1-2H3,(H,15,17). The predicted octanol–water partition coefficient (Wildman–Crippen LogP) is 2.18. The van der Waals surface area contributed by atoms with Gasteiger partial charge < -0.3 is 5.32 Å².